The van der Waals surface area contributed by atoms with Crippen molar-refractivity contribution in [2.75, 3.05) is 6.54 Å². The average Bonchev–Trinajstić information content (AvgIpc) is 3.30. The van der Waals surface area contributed by atoms with Gasteiger partial charge in [0, 0.05) is 25.8 Å². The van der Waals surface area contributed by atoms with Crippen molar-refractivity contribution in [1.29, 1.82) is 0 Å². The molecule has 4 rings (SSSR count). The van der Waals surface area contributed by atoms with Crippen LogP contribution in [0.5, 0.6) is 11.5 Å². The molecule has 0 aliphatic carbocycles. The third-order valence-corrected chi connectivity index (χ3v) is 6.49. The molecule has 186 valence electrons. The van der Waals surface area contributed by atoms with Crippen LogP contribution in [0.3, 0.4) is 0 Å². The molecule has 5 nitrogen and oxygen atoms in total. The molecular weight excluding hydrogens is 457 g/mol. The number of carbonyl (C=O) groups is 3. The zero-order valence-corrected chi connectivity index (χ0v) is 20.4. The van der Waals surface area contributed by atoms with Gasteiger partial charge in [0.15, 0.2) is 5.78 Å². The van der Waals surface area contributed by atoms with Crippen molar-refractivity contribution in [2.45, 2.75) is 45.1 Å². The second-order valence-electron chi connectivity index (χ2n) is 9.40. The third kappa shape index (κ3) is 6.87. The molecule has 1 amide bonds. The fraction of sp³-hybridized carbons (Fsp3) is 0.300. The fourth-order valence-corrected chi connectivity index (χ4v) is 4.66. The number of ketones is 2. The van der Waals surface area contributed by atoms with E-state index in [1.165, 1.54) is 24.6 Å². The maximum absolute atomic E-state index is 13.3. The monoisotopic (exact) mass is 487 g/mol. The van der Waals surface area contributed by atoms with Crippen LogP contribution in [0.15, 0.2) is 78.9 Å². The number of rotatable bonds is 10. The summed E-state index contributed by atoms with van der Waals surface area (Å²) in [5.74, 6) is 0.792. The highest BCUT2D eigenvalue weighted by atomic mass is 19.1. The Bertz CT molecular complexity index is 1190. The molecule has 6 heteroatoms. The van der Waals surface area contributed by atoms with Crippen LogP contribution in [-0.4, -0.2) is 35.0 Å². The standard InChI is InChI=1S/C30H30FNO4/c1-21(33)7-16-30(35)32-20-24(17-22-5-3-2-4-6-22)18-28(32)29(34)19-23-8-12-26(13-9-23)36-27-14-10-25(31)11-15-27/h2-6,8-15,24,28H,7,16-20H2,1H3/t24-,28+/m1/s1. The Morgan fingerprint density at radius 3 is 2.14 bits per heavy atom. The number of Topliss-reactive ketones (excluding diaryl/α,β-unsaturated/α-hetero) is 2. The first-order chi connectivity index (χ1) is 17.4. The summed E-state index contributed by atoms with van der Waals surface area (Å²) in [4.78, 5) is 39.4. The maximum atomic E-state index is 13.3. The number of likely N-dealkylation sites (tertiary alicyclic amines) is 1. The fourth-order valence-electron chi connectivity index (χ4n) is 4.66. The predicted octanol–water partition coefficient (Wildman–Crippen LogP) is 5.56. The lowest BCUT2D eigenvalue weighted by Crippen LogP contribution is -2.41. The summed E-state index contributed by atoms with van der Waals surface area (Å²) >= 11 is 0. The average molecular weight is 488 g/mol. The Kier molecular flexibility index (Phi) is 8.26. The summed E-state index contributed by atoms with van der Waals surface area (Å²) in [6.45, 7) is 1.99. The Balaban J connectivity index is 1.42. The summed E-state index contributed by atoms with van der Waals surface area (Å²) in [6.07, 6.45) is 1.94. The zero-order valence-electron chi connectivity index (χ0n) is 20.4. The van der Waals surface area contributed by atoms with Crippen molar-refractivity contribution >= 4 is 17.5 Å². The lowest BCUT2D eigenvalue weighted by atomic mass is 9.94. The van der Waals surface area contributed by atoms with Gasteiger partial charge >= 0.3 is 0 Å². The van der Waals surface area contributed by atoms with E-state index in [9.17, 15) is 18.8 Å². The van der Waals surface area contributed by atoms with Gasteiger partial charge in [-0.25, -0.2) is 4.39 Å². The molecule has 1 fully saturated rings. The third-order valence-electron chi connectivity index (χ3n) is 6.49. The predicted molar refractivity (Wildman–Crippen MR) is 135 cm³/mol. The van der Waals surface area contributed by atoms with Gasteiger partial charge in [-0.2, -0.15) is 0 Å². The number of ether oxygens (including phenoxy) is 1. The second-order valence-corrected chi connectivity index (χ2v) is 9.40. The highest BCUT2D eigenvalue weighted by Gasteiger charge is 2.38. The molecule has 1 heterocycles. The molecule has 2 atom stereocenters. The molecular formula is C30H30FNO4. The van der Waals surface area contributed by atoms with Crippen molar-refractivity contribution < 1.29 is 23.5 Å². The minimum atomic E-state index is -0.492. The van der Waals surface area contributed by atoms with Gasteiger partial charge in [0.2, 0.25) is 5.91 Å². The Hall–Kier alpha value is -3.80. The van der Waals surface area contributed by atoms with Gasteiger partial charge in [0.05, 0.1) is 6.04 Å². The minimum absolute atomic E-state index is 0.00561. The number of hydrogen-bond donors (Lipinski definition) is 0. The normalized spacial score (nSPS) is 17.1. The highest BCUT2D eigenvalue weighted by molar-refractivity contribution is 5.92. The van der Waals surface area contributed by atoms with Gasteiger partial charge in [-0.05, 0) is 73.2 Å². The smallest absolute Gasteiger partial charge is 0.223 e. The number of carbonyl (C=O) groups excluding carboxylic acids is 3. The van der Waals surface area contributed by atoms with Crippen molar-refractivity contribution in [2.24, 2.45) is 5.92 Å². The summed E-state index contributed by atoms with van der Waals surface area (Å²) in [5.41, 5.74) is 2.01. The Labute approximate surface area is 210 Å². The van der Waals surface area contributed by atoms with Gasteiger partial charge in [0.25, 0.3) is 0 Å². The van der Waals surface area contributed by atoms with E-state index in [0.29, 0.717) is 24.5 Å². The molecule has 0 unspecified atom stereocenters. The number of benzene rings is 3. The van der Waals surface area contributed by atoms with Crippen LogP contribution in [0.1, 0.15) is 37.3 Å². The van der Waals surface area contributed by atoms with Crippen LogP contribution in [0.25, 0.3) is 0 Å². The summed E-state index contributed by atoms with van der Waals surface area (Å²) in [7, 11) is 0. The maximum Gasteiger partial charge on any atom is 0.223 e. The van der Waals surface area contributed by atoms with Gasteiger partial charge in [-0.1, -0.05) is 42.5 Å². The van der Waals surface area contributed by atoms with Crippen LogP contribution in [0.2, 0.25) is 0 Å². The number of hydrogen-bond acceptors (Lipinski definition) is 4. The van der Waals surface area contributed by atoms with E-state index in [1.54, 1.807) is 29.2 Å². The lowest BCUT2D eigenvalue weighted by Gasteiger charge is -2.24. The van der Waals surface area contributed by atoms with Crippen LogP contribution >= 0.6 is 0 Å². The molecule has 0 N–H and O–H groups in total. The first-order valence-corrected chi connectivity index (χ1v) is 12.3. The van der Waals surface area contributed by atoms with Crippen LogP contribution in [0, 0.1) is 11.7 Å². The van der Waals surface area contributed by atoms with E-state index < -0.39 is 6.04 Å². The van der Waals surface area contributed by atoms with Crippen molar-refractivity contribution in [1.82, 2.24) is 4.90 Å². The van der Waals surface area contributed by atoms with E-state index in [0.717, 1.165) is 12.0 Å². The van der Waals surface area contributed by atoms with Gasteiger partial charge in [-0.15, -0.1) is 0 Å². The van der Waals surface area contributed by atoms with Crippen molar-refractivity contribution in [3.05, 3.63) is 95.8 Å². The topological polar surface area (TPSA) is 63.7 Å². The Morgan fingerprint density at radius 2 is 1.50 bits per heavy atom. The van der Waals surface area contributed by atoms with Gasteiger partial charge in [0.1, 0.15) is 23.1 Å². The molecule has 0 radical (unpaired) electrons. The number of amides is 1. The summed E-state index contributed by atoms with van der Waals surface area (Å²) in [5, 5.41) is 0. The molecule has 36 heavy (non-hydrogen) atoms. The van der Waals surface area contributed by atoms with E-state index in [4.69, 9.17) is 4.74 Å². The molecule has 0 bridgehead atoms. The molecule has 0 saturated carbocycles. The number of nitrogens with zero attached hydrogens (tertiary/aromatic N) is 1. The first-order valence-electron chi connectivity index (χ1n) is 12.3. The summed E-state index contributed by atoms with van der Waals surface area (Å²) in [6, 6.07) is 22.6. The Morgan fingerprint density at radius 1 is 0.861 bits per heavy atom. The largest absolute Gasteiger partial charge is 0.457 e. The molecule has 3 aromatic rings. The van der Waals surface area contributed by atoms with Crippen molar-refractivity contribution in [3.8, 4) is 11.5 Å². The van der Waals surface area contributed by atoms with Crippen LogP contribution in [0.4, 0.5) is 4.39 Å². The zero-order chi connectivity index (χ0) is 25.5. The molecule has 1 aliphatic rings. The SMILES string of the molecule is CC(=O)CCC(=O)N1C[C@H](Cc2ccccc2)C[C@H]1C(=O)Cc1ccc(Oc2ccc(F)cc2)cc1. The second kappa shape index (κ2) is 11.8. The van der Waals surface area contributed by atoms with E-state index in [1.807, 2.05) is 30.3 Å². The van der Waals surface area contributed by atoms with Crippen molar-refractivity contribution in [3.63, 3.8) is 0 Å². The summed E-state index contributed by atoms with van der Waals surface area (Å²) < 4.78 is 18.8. The lowest BCUT2D eigenvalue weighted by molar-refractivity contribution is -0.138. The van der Waals surface area contributed by atoms with E-state index in [-0.39, 0.29) is 48.5 Å². The first kappa shape index (κ1) is 25.3. The molecule has 1 saturated heterocycles. The van der Waals surface area contributed by atoms with E-state index in [2.05, 4.69) is 12.1 Å². The van der Waals surface area contributed by atoms with Crippen LogP contribution in [-0.2, 0) is 27.2 Å². The molecule has 1 aliphatic heterocycles. The quantitative estimate of drug-likeness (QED) is 0.376. The molecule has 0 spiro atoms. The highest BCUT2D eigenvalue weighted by Crippen LogP contribution is 2.29. The van der Waals surface area contributed by atoms with Crippen LogP contribution < -0.4 is 4.74 Å². The van der Waals surface area contributed by atoms with Gasteiger partial charge < -0.3 is 14.4 Å². The van der Waals surface area contributed by atoms with Gasteiger partial charge in [-0.3, -0.25) is 9.59 Å². The number of halogens is 1. The minimum Gasteiger partial charge on any atom is -0.457 e. The molecule has 3 aromatic carbocycles. The van der Waals surface area contributed by atoms with E-state index >= 15 is 0 Å². The molecule has 0 aromatic heterocycles.